The summed E-state index contributed by atoms with van der Waals surface area (Å²) in [5.74, 6) is 0.146. The number of fused-ring (bicyclic) bond motifs is 1. The first-order valence-corrected chi connectivity index (χ1v) is 6.99. The smallest absolute Gasteiger partial charge is 0.343 e. The highest BCUT2D eigenvalue weighted by molar-refractivity contribution is 6.35. The number of ether oxygens (including phenoxy) is 1. The van der Waals surface area contributed by atoms with Crippen molar-refractivity contribution in [2.24, 2.45) is 0 Å². The molecule has 0 atom stereocenters. The Hall–Kier alpha value is -2.32. The van der Waals surface area contributed by atoms with Gasteiger partial charge in [0.25, 0.3) is 0 Å². The second-order valence-corrected chi connectivity index (χ2v) is 5.26. The molecule has 3 aromatic rings. The Bertz CT molecular complexity index is 824. The number of carbonyl (C=O) groups excluding carboxylic acids is 1. The quantitative estimate of drug-likeness (QED) is 0.490. The van der Waals surface area contributed by atoms with Gasteiger partial charge in [0.15, 0.2) is 0 Å². The molecule has 0 aliphatic carbocycles. The van der Waals surface area contributed by atoms with Crippen molar-refractivity contribution in [1.82, 2.24) is 0 Å². The normalized spacial score (nSPS) is 10.6. The zero-order valence-corrected chi connectivity index (χ0v) is 12.2. The Morgan fingerprint density at radius 3 is 2.48 bits per heavy atom. The minimum Gasteiger partial charge on any atom is -0.422 e. The molecule has 0 unspecified atom stereocenters. The Labute approximate surface area is 127 Å². The lowest BCUT2D eigenvalue weighted by Gasteiger charge is -2.09. The molecule has 0 aliphatic rings. The molecule has 0 aliphatic heterocycles. The van der Waals surface area contributed by atoms with Crippen molar-refractivity contribution in [3.8, 4) is 5.75 Å². The van der Waals surface area contributed by atoms with Crippen LogP contribution in [-0.4, -0.2) is 5.97 Å². The number of benzene rings is 3. The molecule has 0 fully saturated rings. The van der Waals surface area contributed by atoms with Crippen molar-refractivity contribution in [2.75, 3.05) is 0 Å². The Balaban J connectivity index is 1.99. The molecule has 0 saturated carbocycles. The maximum Gasteiger partial charge on any atom is 0.343 e. The molecule has 104 valence electrons. The molecule has 0 N–H and O–H groups in total. The lowest BCUT2D eigenvalue weighted by molar-refractivity contribution is 0.0737. The van der Waals surface area contributed by atoms with Gasteiger partial charge in [-0.05, 0) is 31.2 Å². The SMILES string of the molecule is Cc1cccc(C(=O)Oc2ccc(Cl)c3ccccc23)c1. The summed E-state index contributed by atoms with van der Waals surface area (Å²) in [5, 5.41) is 2.33. The first kappa shape index (κ1) is 13.7. The van der Waals surface area contributed by atoms with Crippen molar-refractivity contribution in [3.63, 3.8) is 0 Å². The van der Waals surface area contributed by atoms with E-state index in [1.54, 1.807) is 24.3 Å². The number of hydrogen-bond acceptors (Lipinski definition) is 2. The summed E-state index contributed by atoms with van der Waals surface area (Å²) < 4.78 is 5.53. The van der Waals surface area contributed by atoms with Crippen molar-refractivity contribution in [2.45, 2.75) is 6.92 Å². The number of halogens is 1. The summed E-state index contributed by atoms with van der Waals surface area (Å²) in [4.78, 5) is 12.2. The Morgan fingerprint density at radius 1 is 0.952 bits per heavy atom. The highest BCUT2D eigenvalue weighted by Crippen LogP contribution is 2.31. The van der Waals surface area contributed by atoms with E-state index in [1.165, 1.54) is 0 Å². The van der Waals surface area contributed by atoms with Gasteiger partial charge in [-0.3, -0.25) is 0 Å². The van der Waals surface area contributed by atoms with E-state index < -0.39 is 0 Å². The van der Waals surface area contributed by atoms with E-state index >= 15 is 0 Å². The van der Waals surface area contributed by atoms with Crippen molar-refractivity contribution < 1.29 is 9.53 Å². The maximum absolute atomic E-state index is 12.2. The van der Waals surface area contributed by atoms with E-state index in [-0.39, 0.29) is 5.97 Å². The zero-order chi connectivity index (χ0) is 14.8. The molecule has 3 heteroatoms. The van der Waals surface area contributed by atoms with Crippen LogP contribution >= 0.6 is 11.6 Å². The van der Waals surface area contributed by atoms with Gasteiger partial charge in [-0.25, -0.2) is 4.79 Å². The average Bonchev–Trinajstić information content (AvgIpc) is 2.50. The summed E-state index contributed by atoms with van der Waals surface area (Å²) in [6.45, 7) is 1.94. The molecule has 0 heterocycles. The van der Waals surface area contributed by atoms with E-state index in [2.05, 4.69) is 0 Å². The third-order valence-electron chi connectivity index (χ3n) is 3.29. The van der Waals surface area contributed by atoms with E-state index in [4.69, 9.17) is 16.3 Å². The van der Waals surface area contributed by atoms with Crippen LogP contribution in [0.2, 0.25) is 5.02 Å². The largest absolute Gasteiger partial charge is 0.422 e. The van der Waals surface area contributed by atoms with Crippen LogP contribution in [-0.2, 0) is 0 Å². The fourth-order valence-corrected chi connectivity index (χ4v) is 2.48. The van der Waals surface area contributed by atoms with Crippen LogP contribution < -0.4 is 4.74 Å². The van der Waals surface area contributed by atoms with Crippen LogP contribution in [0.3, 0.4) is 0 Å². The highest BCUT2D eigenvalue weighted by atomic mass is 35.5. The molecule has 0 spiro atoms. The summed E-state index contributed by atoms with van der Waals surface area (Å²) in [7, 11) is 0. The second kappa shape index (κ2) is 5.58. The van der Waals surface area contributed by atoms with Crippen molar-refractivity contribution >= 4 is 28.3 Å². The molecular formula is C18H13ClO2. The summed E-state index contributed by atoms with van der Waals surface area (Å²) >= 11 is 6.16. The standard InChI is InChI=1S/C18H13ClO2/c1-12-5-4-6-13(11-12)18(20)21-17-10-9-16(19)14-7-2-3-8-15(14)17/h2-11H,1H3. The van der Waals surface area contributed by atoms with Crippen LogP contribution in [0.25, 0.3) is 10.8 Å². The Kier molecular flexibility index (Phi) is 3.63. The summed E-state index contributed by atoms with van der Waals surface area (Å²) in [5.41, 5.74) is 1.56. The maximum atomic E-state index is 12.2. The van der Waals surface area contributed by atoms with Gasteiger partial charge in [0, 0.05) is 15.8 Å². The fourth-order valence-electron chi connectivity index (χ4n) is 2.25. The molecule has 2 nitrogen and oxygen atoms in total. The number of carbonyl (C=O) groups is 1. The molecule has 3 aromatic carbocycles. The summed E-state index contributed by atoms with van der Waals surface area (Å²) in [6, 6.07) is 18.4. The van der Waals surface area contributed by atoms with Crippen molar-refractivity contribution in [1.29, 1.82) is 0 Å². The third-order valence-corrected chi connectivity index (χ3v) is 3.62. The van der Waals surface area contributed by atoms with E-state index in [9.17, 15) is 4.79 Å². The number of rotatable bonds is 2. The van der Waals surface area contributed by atoms with Crippen LogP contribution in [0.4, 0.5) is 0 Å². The topological polar surface area (TPSA) is 26.3 Å². The Morgan fingerprint density at radius 2 is 1.71 bits per heavy atom. The molecule has 0 bridgehead atoms. The number of esters is 1. The van der Waals surface area contributed by atoms with E-state index in [0.29, 0.717) is 16.3 Å². The molecule has 0 amide bonds. The second-order valence-electron chi connectivity index (χ2n) is 4.85. The minimum absolute atomic E-state index is 0.369. The molecular weight excluding hydrogens is 284 g/mol. The van der Waals surface area contributed by atoms with Crippen LogP contribution in [0, 0.1) is 6.92 Å². The van der Waals surface area contributed by atoms with Crippen molar-refractivity contribution in [3.05, 3.63) is 76.8 Å². The number of hydrogen-bond donors (Lipinski definition) is 0. The van der Waals surface area contributed by atoms with Gasteiger partial charge < -0.3 is 4.74 Å². The predicted octanol–water partition coefficient (Wildman–Crippen LogP) is 5.02. The fraction of sp³-hybridized carbons (Fsp3) is 0.0556. The van der Waals surface area contributed by atoms with Crippen LogP contribution in [0.1, 0.15) is 15.9 Å². The lowest BCUT2D eigenvalue weighted by atomic mass is 10.1. The van der Waals surface area contributed by atoms with E-state index in [0.717, 1.165) is 16.3 Å². The number of aryl methyl sites for hydroxylation is 1. The van der Waals surface area contributed by atoms with Gasteiger partial charge in [0.05, 0.1) is 5.56 Å². The van der Waals surface area contributed by atoms with Gasteiger partial charge in [-0.15, -0.1) is 0 Å². The van der Waals surface area contributed by atoms with Gasteiger partial charge >= 0.3 is 5.97 Å². The zero-order valence-electron chi connectivity index (χ0n) is 11.5. The van der Waals surface area contributed by atoms with Gasteiger partial charge in [0.1, 0.15) is 5.75 Å². The van der Waals surface area contributed by atoms with Gasteiger partial charge in [-0.1, -0.05) is 53.6 Å². The predicted molar refractivity (Wildman–Crippen MR) is 85.1 cm³/mol. The van der Waals surface area contributed by atoms with Crippen LogP contribution in [0.15, 0.2) is 60.7 Å². The molecule has 21 heavy (non-hydrogen) atoms. The van der Waals surface area contributed by atoms with Gasteiger partial charge in [-0.2, -0.15) is 0 Å². The minimum atomic E-state index is -0.369. The van der Waals surface area contributed by atoms with Crippen LogP contribution in [0.5, 0.6) is 5.75 Å². The lowest BCUT2D eigenvalue weighted by Crippen LogP contribution is -2.08. The summed E-state index contributed by atoms with van der Waals surface area (Å²) in [6.07, 6.45) is 0. The molecule has 0 saturated heterocycles. The molecule has 0 radical (unpaired) electrons. The average molecular weight is 297 g/mol. The first-order valence-electron chi connectivity index (χ1n) is 6.61. The van der Waals surface area contributed by atoms with Gasteiger partial charge in [0.2, 0.25) is 0 Å². The monoisotopic (exact) mass is 296 g/mol. The van der Waals surface area contributed by atoms with E-state index in [1.807, 2.05) is 43.3 Å². The third kappa shape index (κ3) is 2.76. The molecule has 3 rings (SSSR count). The first-order chi connectivity index (χ1) is 10.1. The molecule has 0 aromatic heterocycles. The highest BCUT2D eigenvalue weighted by Gasteiger charge is 2.12.